The van der Waals surface area contributed by atoms with Gasteiger partial charge in [0.25, 0.3) is 0 Å². The zero-order valence-corrected chi connectivity index (χ0v) is 8.28. The fourth-order valence-corrected chi connectivity index (χ4v) is 1.54. The van der Waals surface area contributed by atoms with Crippen LogP contribution in [0.1, 0.15) is 0 Å². The van der Waals surface area contributed by atoms with Gasteiger partial charge in [-0.15, -0.1) is 0 Å². The Morgan fingerprint density at radius 2 is 2.29 bits per heavy atom. The molecule has 0 aliphatic rings. The molecule has 0 saturated carbocycles. The number of pyridine rings is 1. The molecule has 0 aliphatic heterocycles. The van der Waals surface area contributed by atoms with Crippen molar-refractivity contribution < 1.29 is 4.74 Å². The van der Waals surface area contributed by atoms with Crippen molar-refractivity contribution in [3.8, 4) is 16.5 Å². The van der Waals surface area contributed by atoms with Crippen LogP contribution in [-0.2, 0) is 0 Å². The van der Waals surface area contributed by atoms with E-state index in [2.05, 4.69) is 14.3 Å². The molecule has 0 aromatic carbocycles. The van der Waals surface area contributed by atoms with E-state index in [-0.39, 0.29) is 5.95 Å². The minimum Gasteiger partial charge on any atom is -0.495 e. The van der Waals surface area contributed by atoms with E-state index in [0.29, 0.717) is 10.8 Å². The van der Waals surface area contributed by atoms with Crippen molar-refractivity contribution >= 4 is 17.5 Å². The molecule has 2 heterocycles. The largest absolute Gasteiger partial charge is 0.495 e. The summed E-state index contributed by atoms with van der Waals surface area (Å²) >= 11 is 1.23. The summed E-state index contributed by atoms with van der Waals surface area (Å²) in [5, 5.41) is 0.713. The van der Waals surface area contributed by atoms with Crippen LogP contribution in [0, 0.1) is 0 Å². The van der Waals surface area contributed by atoms with Gasteiger partial charge in [0, 0.05) is 0 Å². The van der Waals surface area contributed by atoms with Crippen molar-refractivity contribution in [2.45, 2.75) is 0 Å². The van der Waals surface area contributed by atoms with Crippen LogP contribution in [0.3, 0.4) is 0 Å². The lowest BCUT2D eigenvalue weighted by Gasteiger charge is -1.98. The van der Waals surface area contributed by atoms with Crippen LogP contribution in [0.2, 0.25) is 0 Å². The van der Waals surface area contributed by atoms with Crippen molar-refractivity contribution in [2.75, 3.05) is 12.8 Å². The van der Waals surface area contributed by atoms with Gasteiger partial charge in [-0.2, -0.15) is 9.36 Å². The topological polar surface area (TPSA) is 73.9 Å². The van der Waals surface area contributed by atoms with E-state index in [4.69, 9.17) is 10.5 Å². The van der Waals surface area contributed by atoms with Crippen molar-refractivity contribution in [2.24, 2.45) is 0 Å². The molecule has 2 N–H and O–H groups in total. The highest BCUT2D eigenvalue weighted by Crippen LogP contribution is 2.21. The Hall–Kier alpha value is -1.69. The maximum absolute atomic E-state index is 5.41. The first-order valence-corrected chi connectivity index (χ1v) is 4.66. The van der Waals surface area contributed by atoms with E-state index < -0.39 is 0 Å². The lowest BCUT2D eigenvalue weighted by molar-refractivity contribution is 0.413. The van der Waals surface area contributed by atoms with Gasteiger partial charge in [-0.25, -0.2) is 4.98 Å². The molecule has 5 nitrogen and oxygen atoms in total. The van der Waals surface area contributed by atoms with E-state index in [1.54, 1.807) is 13.3 Å². The predicted molar refractivity (Wildman–Crippen MR) is 54.1 cm³/mol. The lowest BCUT2D eigenvalue weighted by Crippen LogP contribution is -1.88. The number of nitrogens with two attached hydrogens (primary N) is 1. The van der Waals surface area contributed by atoms with Gasteiger partial charge < -0.3 is 10.5 Å². The van der Waals surface area contributed by atoms with Crippen LogP contribution in [0.15, 0.2) is 18.3 Å². The number of rotatable bonds is 2. The molecule has 0 atom stereocenters. The van der Waals surface area contributed by atoms with Gasteiger partial charge in [0.1, 0.15) is 11.4 Å². The number of methoxy groups -OCH3 is 1. The van der Waals surface area contributed by atoms with Gasteiger partial charge in [-0.3, -0.25) is 0 Å². The second kappa shape index (κ2) is 3.59. The molecule has 0 fully saturated rings. The van der Waals surface area contributed by atoms with Crippen LogP contribution in [-0.4, -0.2) is 21.5 Å². The average Bonchev–Trinajstić information content (AvgIpc) is 2.65. The summed E-state index contributed by atoms with van der Waals surface area (Å²) in [6.07, 6.45) is 1.63. The van der Waals surface area contributed by atoms with E-state index in [1.807, 2.05) is 12.1 Å². The number of hydrogen-bond acceptors (Lipinski definition) is 6. The highest BCUT2D eigenvalue weighted by molar-refractivity contribution is 7.09. The van der Waals surface area contributed by atoms with Crippen LogP contribution in [0.5, 0.6) is 5.75 Å². The Labute approximate surface area is 84.7 Å². The molecule has 0 amide bonds. The quantitative estimate of drug-likeness (QED) is 0.802. The highest BCUT2D eigenvalue weighted by Gasteiger charge is 2.05. The van der Waals surface area contributed by atoms with Crippen molar-refractivity contribution in [3.63, 3.8) is 0 Å². The summed E-state index contributed by atoms with van der Waals surface area (Å²) in [5.74, 6) is 0.994. The van der Waals surface area contributed by atoms with Crippen molar-refractivity contribution in [1.29, 1.82) is 0 Å². The smallest absolute Gasteiger partial charge is 0.232 e. The minimum atomic E-state index is 0.280. The van der Waals surface area contributed by atoms with Crippen LogP contribution < -0.4 is 10.5 Å². The summed E-state index contributed by atoms with van der Waals surface area (Å²) in [5.41, 5.74) is 6.16. The number of ether oxygens (including phenoxy) is 1. The Morgan fingerprint density at radius 1 is 1.43 bits per heavy atom. The summed E-state index contributed by atoms with van der Waals surface area (Å²) in [7, 11) is 1.60. The monoisotopic (exact) mass is 208 g/mol. The number of aromatic nitrogens is 3. The van der Waals surface area contributed by atoms with Crippen LogP contribution >= 0.6 is 11.5 Å². The lowest BCUT2D eigenvalue weighted by atomic mass is 10.3. The van der Waals surface area contributed by atoms with Crippen LogP contribution in [0.4, 0.5) is 5.95 Å². The first kappa shape index (κ1) is 8.89. The fraction of sp³-hybridized carbons (Fsp3) is 0.125. The van der Waals surface area contributed by atoms with Crippen molar-refractivity contribution in [1.82, 2.24) is 14.3 Å². The second-order valence-electron chi connectivity index (χ2n) is 2.54. The SMILES string of the molecule is COc1ccc(-c2nc(N)ns2)nc1. The maximum Gasteiger partial charge on any atom is 0.232 e. The van der Waals surface area contributed by atoms with Gasteiger partial charge in [-0.05, 0) is 23.7 Å². The molecule has 14 heavy (non-hydrogen) atoms. The number of hydrogen-bond donors (Lipinski definition) is 1. The third-order valence-electron chi connectivity index (χ3n) is 1.63. The zero-order valence-electron chi connectivity index (χ0n) is 7.47. The number of anilines is 1. The first-order valence-electron chi connectivity index (χ1n) is 3.89. The van der Waals surface area contributed by atoms with E-state index in [1.165, 1.54) is 11.5 Å². The third kappa shape index (κ3) is 1.64. The molecule has 2 aromatic rings. The summed E-state index contributed by atoms with van der Waals surface area (Å²) in [6.45, 7) is 0. The molecular formula is C8H8N4OS. The third-order valence-corrected chi connectivity index (χ3v) is 2.38. The number of nitrogen functional groups attached to an aromatic ring is 1. The zero-order chi connectivity index (χ0) is 9.97. The standard InChI is InChI=1S/C8H8N4OS/c1-13-5-2-3-6(10-4-5)7-11-8(9)12-14-7/h2-4H,1H3,(H2,9,12). The molecule has 0 saturated heterocycles. The van der Waals surface area contributed by atoms with Gasteiger partial charge >= 0.3 is 0 Å². The molecule has 0 bridgehead atoms. The minimum absolute atomic E-state index is 0.280. The predicted octanol–water partition coefficient (Wildman–Crippen LogP) is 1.19. The molecule has 0 aliphatic carbocycles. The normalized spacial score (nSPS) is 10.1. The maximum atomic E-state index is 5.41. The molecule has 72 valence electrons. The fourth-order valence-electron chi connectivity index (χ4n) is 0.966. The Morgan fingerprint density at radius 3 is 2.79 bits per heavy atom. The van der Waals surface area contributed by atoms with E-state index in [0.717, 1.165) is 5.69 Å². The highest BCUT2D eigenvalue weighted by atomic mass is 32.1. The average molecular weight is 208 g/mol. The van der Waals surface area contributed by atoms with E-state index >= 15 is 0 Å². The molecule has 0 radical (unpaired) electrons. The van der Waals surface area contributed by atoms with Gasteiger partial charge in [0.2, 0.25) is 5.95 Å². The molecule has 2 rings (SSSR count). The Balaban J connectivity index is 2.33. The summed E-state index contributed by atoms with van der Waals surface area (Å²) in [4.78, 5) is 8.18. The molecular weight excluding hydrogens is 200 g/mol. The second-order valence-corrected chi connectivity index (χ2v) is 3.29. The molecule has 0 spiro atoms. The molecule has 2 aromatic heterocycles. The molecule has 6 heteroatoms. The van der Waals surface area contributed by atoms with Gasteiger partial charge in [0.15, 0.2) is 5.01 Å². The van der Waals surface area contributed by atoms with Gasteiger partial charge in [0.05, 0.1) is 13.3 Å². The number of nitrogens with zero attached hydrogens (tertiary/aromatic N) is 3. The van der Waals surface area contributed by atoms with Crippen LogP contribution in [0.25, 0.3) is 10.7 Å². The summed E-state index contributed by atoms with van der Waals surface area (Å²) < 4.78 is 8.86. The molecule has 0 unspecified atom stereocenters. The Bertz CT molecular complexity index is 425. The van der Waals surface area contributed by atoms with Crippen molar-refractivity contribution in [3.05, 3.63) is 18.3 Å². The summed E-state index contributed by atoms with van der Waals surface area (Å²) in [6, 6.07) is 3.64. The van der Waals surface area contributed by atoms with Gasteiger partial charge in [-0.1, -0.05) is 0 Å². The first-order chi connectivity index (χ1) is 6.79. The Kier molecular flexibility index (Phi) is 2.28. The van der Waals surface area contributed by atoms with E-state index in [9.17, 15) is 0 Å².